The van der Waals surface area contributed by atoms with Gasteiger partial charge in [0.05, 0.1) is 0 Å². The summed E-state index contributed by atoms with van der Waals surface area (Å²) in [5, 5.41) is 0. The van der Waals surface area contributed by atoms with Gasteiger partial charge in [0.1, 0.15) is 0 Å². The van der Waals surface area contributed by atoms with Gasteiger partial charge in [0, 0.05) is 0 Å². The van der Waals surface area contributed by atoms with Crippen LogP contribution in [-0.2, 0) is 143 Å². The molecule has 8 nitrogen and oxygen atoms in total. The number of phosphoric acid groups is 2. The first-order chi connectivity index (χ1) is 4.00. The van der Waals surface area contributed by atoms with Gasteiger partial charge < -0.3 is 38.5 Å². The first-order valence-electron chi connectivity index (χ1n) is 1.46. The second-order valence-electron chi connectivity index (χ2n) is 0.894. The van der Waals surface area contributed by atoms with Crippen LogP contribution in [0.2, 0.25) is 0 Å². The fraction of sp³-hybridized carbons (Fsp3) is 0. The average Bonchev–Trinajstić information content (AvgIpc) is 1.12. The predicted molar refractivity (Wildman–Crippen MR) is 15.2 cm³/mol. The molecule has 0 aromatic heterocycles. The fourth-order valence-corrected chi connectivity index (χ4v) is 0. The van der Waals surface area contributed by atoms with Crippen LogP contribution in [0.5, 0.6) is 0 Å². The van der Waals surface area contributed by atoms with E-state index in [4.69, 9.17) is 38.5 Å². The van der Waals surface area contributed by atoms with Crippen LogP contribution in [0, 0.1) is 0 Å². The first-order valence-corrected chi connectivity index (χ1v) is 4.38. The van der Waals surface area contributed by atoms with Gasteiger partial charge in [0.15, 0.2) is 0 Å². The van der Waals surface area contributed by atoms with E-state index in [2.05, 4.69) is 0 Å². The third-order valence-corrected chi connectivity index (χ3v) is 0. The molecular weight excluding hydrogens is 837 g/mol. The monoisotopic (exact) mass is 831 g/mol. The Kier molecular flexibility index (Phi) is 76.8. The van der Waals surface area contributed by atoms with Gasteiger partial charge in [-0.05, 0) is 0 Å². The second-order valence-corrected chi connectivity index (χ2v) is 2.68. The van der Waals surface area contributed by atoms with Crippen molar-refractivity contribution in [3.63, 3.8) is 0 Å². The van der Waals surface area contributed by atoms with Gasteiger partial charge in [-0.25, -0.2) is 0 Å². The topological polar surface area (TPSA) is 172 Å². The zero-order chi connectivity index (χ0) is 9.00. The largest absolute Gasteiger partial charge is 1.00 e. The molecule has 0 rings (SSSR count). The Bertz CT molecular complexity index is 135. The Morgan fingerprint density at radius 2 is 0.438 bits per heavy atom. The summed E-state index contributed by atoms with van der Waals surface area (Å²) in [7, 11) is -10.8. The Morgan fingerprint density at radius 3 is 0.438 bits per heavy atom. The van der Waals surface area contributed by atoms with E-state index in [1.54, 1.807) is 0 Å². The minimum absolute atomic E-state index is 0. The second kappa shape index (κ2) is 24.7. The van der Waals surface area contributed by atoms with E-state index in [0.717, 1.165) is 0 Å². The van der Waals surface area contributed by atoms with Crippen molar-refractivity contribution < 1.29 is 173 Å². The Morgan fingerprint density at radius 1 is 0.438 bits per heavy atom. The summed E-state index contributed by atoms with van der Waals surface area (Å²) >= 11 is 0. The molecule has 16 heteroatoms. The van der Waals surface area contributed by atoms with Crippen molar-refractivity contribution in [2.24, 2.45) is 0 Å². The molecule has 0 radical (unpaired) electrons. The summed E-state index contributed by atoms with van der Waals surface area (Å²) in [4.78, 5) is 51.3. The molecule has 0 spiro atoms. The molecule has 0 saturated heterocycles. The molecule has 0 aliphatic rings. The van der Waals surface area contributed by atoms with Gasteiger partial charge in [-0.3, -0.25) is 0 Å². The van der Waals surface area contributed by atoms with Gasteiger partial charge in [0.25, 0.3) is 0 Å². The van der Waals surface area contributed by atoms with Gasteiger partial charge in [-0.2, -0.15) is 15.6 Å². The van der Waals surface area contributed by atoms with E-state index in [0.29, 0.717) is 0 Å². The van der Waals surface area contributed by atoms with Crippen LogP contribution in [0.25, 0.3) is 0 Å². The zero-order valence-corrected chi connectivity index (χ0v) is 16.7. The molecule has 0 amide bonds. The Hall–Kier alpha value is 4.66. The van der Waals surface area contributed by atoms with Crippen LogP contribution in [0.4, 0.5) is 0 Å². The summed E-state index contributed by atoms with van der Waals surface area (Å²) in [5.41, 5.74) is 0. The molecule has 0 unspecified atom stereocenters. The molecule has 0 aliphatic carbocycles. The molecule has 0 aromatic rings. The van der Waals surface area contributed by atoms with E-state index in [9.17, 15) is 0 Å². The van der Waals surface area contributed by atoms with Crippen molar-refractivity contribution >= 4 is 15.6 Å². The van der Waals surface area contributed by atoms with Crippen molar-refractivity contribution in [2.45, 2.75) is 0 Å². The van der Waals surface area contributed by atoms with E-state index >= 15 is 0 Å². The SMILES string of the molecule is O=P([O-])([O-])[O-].O=P([O-])([O-])[O-].[Ag+].[Ag+].[Ag+].[Ag+].[Ag+].[Ag+]. The third kappa shape index (κ3) is 268. The number of hydrogen-bond donors (Lipinski definition) is 0. The smallest absolute Gasteiger partial charge is 0.822 e. The minimum atomic E-state index is -5.39. The third-order valence-electron chi connectivity index (χ3n) is 0. The van der Waals surface area contributed by atoms with Crippen LogP contribution in [0.15, 0.2) is 0 Å². The van der Waals surface area contributed by atoms with Crippen LogP contribution in [-0.4, -0.2) is 0 Å². The fourth-order valence-electron chi connectivity index (χ4n) is 0. The van der Waals surface area contributed by atoms with Crippen LogP contribution >= 0.6 is 15.6 Å². The van der Waals surface area contributed by atoms with Crippen molar-refractivity contribution in [1.82, 2.24) is 0 Å². The molecule has 0 N–H and O–H groups in total. The first kappa shape index (κ1) is 49.8. The molecule has 0 aromatic carbocycles. The molecule has 0 saturated carbocycles. The standard InChI is InChI=1S/6Ag.2H3O4P/c;;;;;;2*1-5(2,3)4/h;;;;;;2*(H3,1,2,3,4)/q6*+1;;/p-6. The Labute approximate surface area is 185 Å². The van der Waals surface area contributed by atoms with E-state index in [1.165, 1.54) is 0 Å². The van der Waals surface area contributed by atoms with E-state index < -0.39 is 15.6 Å². The molecule has 0 aliphatic heterocycles. The maximum atomic E-state index is 8.55. The summed E-state index contributed by atoms with van der Waals surface area (Å²) in [6, 6.07) is 0. The van der Waals surface area contributed by atoms with E-state index in [1.807, 2.05) is 0 Å². The number of rotatable bonds is 0. The molecule has 124 valence electrons. The van der Waals surface area contributed by atoms with Crippen molar-refractivity contribution in [3.05, 3.63) is 0 Å². The number of hydrogen-bond acceptors (Lipinski definition) is 8. The molecule has 0 heterocycles. The maximum absolute atomic E-state index is 8.55. The van der Waals surface area contributed by atoms with Crippen molar-refractivity contribution in [3.8, 4) is 0 Å². The molecule has 0 bridgehead atoms. The van der Waals surface area contributed by atoms with E-state index in [-0.39, 0.29) is 134 Å². The summed E-state index contributed by atoms with van der Waals surface area (Å²) in [6.45, 7) is 0. The van der Waals surface area contributed by atoms with Crippen LogP contribution < -0.4 is 29.4 Å². The summed E-state index contributed by atoms with van der Waals surface area (Å²) < 4.78 is 17.1. The molecular formula is Ag6O8P2. The van der Waals surface area contributed by atoms with Crippen molar-refractivity contribution in [1.29, 1.82) is 0 Å². The summed E-state index contributed by atoms with van der Waals surface area (Å²) in [6.07, 6.45) is 0. The maximum Gasteiger partial charge on any atom is 1.00 e. The van der Waals surface area contributed by atoms with Gasteiger partial charge >= 0.3 is 134 Å². The van der Waals surface area contributed by atoms with Gasteiger partial charge in [-0.15, -0.1) is 0 Å². The van der Waals surface area contributed by atoms with Gasteiger partial charge in [0.2, 0.25) is 0 Å². The molecule has 0 atom stereocenters. The van der Waals surface area contributed by atoms with Crippen LogP contribution in [0.1, 0.15) is 0 Å². The average molecular weight is 837 g/mol. The predicted octanol–water partition coefficient (Wildman–Crippen LogP) is -5.66. The molecule has 0 fully saturated rings. The van der Waals surface area contributed by atoms with Gasteiger partial charge in [-0.1, -0.05) is 0 Å². The quantitative estimate of drug-likeness (QED) is 0.172. The Balaban J connectivity index is -0.00000000970. The molecule has 16 heavy (non-hydrogen) atoms. The minimum Gasteiger partial charge on any atom is -0.822 e. The van der Waals surface area contributed by atoms with Crippen molar-refractivity contribution in [2.75, 3.05) is 0 Å². The summed E-state index contributed by atoms with van der Waals surface area (Å²) in [5.74, 6) is 0. The zero-order valence-electron chi connectivity index (χ0n) is 5.97. The normalized spacial score (nSPS) is 7.38. The van der Waals surface area contributed by atoms with Crippen LogP contribution in [0.3, 0.4) is 0 Å².